The number of benzene rings is 2. The number of hydrogen-bond donors (Lipinski definition) is 1. The lowest BCUT2D eigenvalue weighted by Gasteiger charge is -2.35. The molecular formula is C17H18ClFN2O3S. The largest absolute Gasteiger partial charge is 0.495 e. The number of rotatable bonds is 4. The Morgan fingerprint density at radius 2 is 2.08 bits per heavy atom. The lowest BCUT2D eigenvalue weighted by Crippen LogP contribution is -2.48. The van der Waals surface area contributed by atoms with E-state index in [-0.39, 0.29) is 17.2 Å². The molecule has 134 valence electrons. The van der Waals surface area contributed by atoms with Crippen molar-refractivity contribution < 1.29 is 17.5 Å². The molecule has 2 aromatic carbocycles. The molecule has 1 atom stereocenters. The third-order valence-corrected chi connectivity index (χ3v) is 6.30. The van der Waals surface area contributed by atoms with Gasteiger partial charge in [-0.1, -0.05) is 23.7 Å². The molecule has 0 saturated carbocycles. The number of nitrogens with one attached hydrogen (secondary N) is 1. The average molecular weight is 385 g/mol. The zero-order valence-electron chi connectivity index (χ0n) is 13.6. The lowest BCUT2D eigenvalue weighted by molar-refractivity contribution is 0.270. The minimum absolute atomic E-state index is 0.00537. The maximum Gasteiger partial charge on any atom is 0.247 e. The molecule has 0 radical (unpaired) electrons. The highest BCUT2D eigenvalue weighted by molar-refractivity contribution is 7.89. The van der Waals surface area contributed by atoms with Crippen molar-refractivity contribution in [2.24, 2.45) is 0 Å². The molecule has 0 bridgehead atoms. The molecule has 1 fully saturated rings. The van der Waals surface area contributed by atoms with E-state index in [1.165, 1.54) is 35.7 Å². The second-order valence-corrected chi connectivity index (χ2v) is 7.98. The van der Waals surface area contributed by atoms with Gasteiger partial charge < -0.3 is 10.1 Å². The molecule has 1 saturated heterocycles. The number of piperazine rings is 1. The van der Waals surface area contributed by atoms with Crippen LogP contribution in [0.4, 0.5) is 4.39 Å². The van der Waals surface area contributed by atoms with Crippen molar-refractivity contribution in [2.75, 3.05) is 26.7 Å². The van der Waals surface area contributed by atoms with Gasteiger partial charge in [-0.3, -0.25) is 0 Å². The Balaban J connectivity index is 2.06. The monoisotopic (exact) mass is 384 g/mol. The molecule has 1 unspecified atom stereocenters. The third-order valence-electron chi connectivity index (χ3n) is 4.14. The molecule has 1 N–H and O–H groups in total. The van der Waals surface area contributed by atoms with Crippen LogP contribution < -0.4 is 10.1 Å². The van der Waals surface area contributed by atoms with Crippen molar-refractivity contribution >= 4 is 21.6 Å². The van der Waals surface area contributed by atoms with E-state index in [9.17, 15) is 12.8 Å². The van der Waals surface area contributed by atoms with Crippen LogP contribution in [-0.2, 0) is 10.0 Å². The molecule has 2 aromatic rings. The fourth-order valence-electron chi connectivity index (χ4n) is 2.95. The zero-order chi connectivity index (χ0) is 18.0. The van der Waals surface area contributed by atoms with Crippen LogP contribution >= 0.6 is 11.6 Å². The van der Waals surface area contributed by atoms with Gasteiger partial charge in [0.25, 0.3) is 0 Å². The van der Waals surface area contributed by atoms with E-state index >= 15 is 0 Å². The number of halogens is 2. The summed E-state index contributed by atoms with van der Waals surface area (Å²) in [7, 11) is -2.47. The number of methoxy groups -OCH3 is 1. The standard InChI is InChI=1S/C17H18ClFN2O3S/c1-24-16-6-5-13(18)10-17(16)25(22,23)21-8-7-20-11-15(21)12-3-2-4-14(19)9-12/h2-6,9-10,15,20H,7-8,11H2,1H3. The highest BCUT2D eigenvalue weighted by atomic mass is 35.5. The van der Waals surface area contributed by atoms with Crippen molar-refractivity contribution in [1.82, 2.24) is 9.62 Å². The maximum atomic E-state index is 13.6. The highest BCUT2D eigenvalue weighted by Crippen LogP contribution is 2.34. The van der Waals surface area contributed by atoms with Gasteiger partial charge in [0, 0.05) is 24.7 Å². The lowest BCUT2D eigenvalue weighted by atomic mass is 10.1. The molecule has 1 aliphatic heterocycles. The van der Waals surface area contributed by atoms with Crippen molar-refractivity contribution in [1.29, 1.82) is 0 Å². The van der Waals surface area contributed by atoms with Crippen LogP contribution in [0.2, 0.25) is 5.02 Å². The van der Waals surface area contributed by atoms with E-state index in [0.29, 0.717) is 23.7 Å². The molecule has 1 heterocycles. The second kappa shape index (κ2) is 7.29. The second-order valence-electron chi connectivity index (χ2n) is 5.69. The van der Waals surface area contributed by atoms with E-state index in [1.807, 2.05) is 0 Å². The summed E-state index contributed by atoms with van der Waals surface area (Å²) in [6, 6.07) is 9.94. The number of ether oxygens (including phenoxy) is 1. The SMILES string of the molecule is COc1ccc(Cl)cc1S(=O)(=O)N1CCNCC1c1cccc(F)c1. The summed E-state index contributed by atoms with van der Waals surface area (Å²) in [5.41, 5.74) is 0.594. The van der Waals surface area contributed by atoms with E-state index in [1.54, 1.807) is 18.2 Å². The number of nitrogens with zero attached hydrogens (tertiary/aromatic N) is 1. The van der Waals surface area contributed by atoms with Crippen LogP contribution in [0.3, 0.4) is 0 Å². The summed E-state index contributed by atoms with van der Waals surface area (Å²) < 4.78 is 46.7. The number of hydrogen-bond acceptors (Lipinski definition) is 4. The minimum Gasteiger partial charge on any atom is -0.495 e. The molecule has 0 aromatic heterocycles. The van der Waals surface area contributed by atoms with Crippen molar-refractivity contribution in [3.63, 3.8) is 0 Å². The van der Waals surface area contributed by atoms with Crippen LogP contribution in [0.1, 0.15) is 11.6 Å². The molecule has 0 aliphatic carbocycles. The van der Waals surface area contributed by atoms with E-state index in [2.05, 4.69) is 5.32 Å². The van der Waals surface area contributed by atoms with Gasteiger partial charge in [-0.25, -0.2) is 12.8 Å². The van der Waals surface area contributed by atoms with Gasteiger partial charge in [-0.15, -0.1) is 0 Å². The summed E-state index contributed by atoms with van der Waals surface area (Å²) in [6.07, 6.45) is 0. The first kappa shape index (κ1) is 18.1. The molecule has 0 spiro atoms. The van der Waals surface area contributed by atoms with Gasteiger partial charge in [0.15, 0.2) is 0 Å². The van der Waals surface area contributed by atoms with Crippen molar-refractivity contribution in [3.8, 4) is 5.75 Å². The molecule has 3 rings (SSSR count). The predicted octanol–water partition coefficient (Wildman–Crippen LogP) is 2.82. The molecule has 0 amide bonds. The van der Waals surface area contributed by atoms with Gasteiger partial charge >= 0.3 is 0 Å². The fourth-order valence-corrected chi connectivity index (χ4v) is 4.98. The zero-order valence-corrected chi connectivity index (χ0v) is 15.1. The summed E-state index contributed by atoms with van der Waals surface area (Å²) in [6.45, 7) is 1.17. The summed E-state index contributed by atoms with van der Waals surface area (Å²) in [5.74, 6) is -0.179. The normalized spacial score (nSPS) is 18.9. The highest BCUT2D eigenvalue weighted by Gasteiger charge is 2.36. The van der Waals surface area contributed by atoms with Gasteiger partial charge in [-0.05, 0) is 35.9 Å². The molecule has 8 heteroatoms. The fraction of sp³-hybridized carbons (Fsp3) is 0.294. The Bertz CT molecular complexity index is 876. The molecule has 5 nitrogen and oxygen atoms in total. The van der Waals surface area contributed by atoms with Crippen LogP contribution in [-0.4, -0.2) is 39.5 Å². The molecular weight excluding hydrogens is 367 g/mol. The Kier molecular flexibility index (Phi) is 5.29. The van der Waals surface area contributed by atoms with Gasteiger partial charge in [0.05, 0.1) is 13.2 Å². The van der Waals surface area contributed by atoms with Gasteiger partial charge in [0.2, 0.25) is 10.0 Å². The van der Waals surface area contributed by atoms with E-state index < -0.39 is 21.9 Å². The van der Waals surface area contributed by atoms with E-state index in [0.717, 1.165) is 0 Å². The van der Waals surface area contributed by atoms with Gasteiger partial charge in [-0.2, -0.15) is 4.31 Å². The third kappa shape index (κ3) is 3.64. The van der Waals surface area contributed by atoms with Crippen molar-refractivity contribution in [2.45, 2.75) is 10.9 Å². The topological polar surface area (TPSA) is 58.6 Å². The first-order valence-corrected chi connectivity index (χ1v) is 9.57. The van der Waals surface area contributed by atoms with Crippen LogP contribution in [0.5, 0.6) is 5.75 Å². The summed E-state index contributed by atoms with van der Waals surface area (Å²) >= 11 is 5.99. The van der Waals surface area contributed by atoms with E-state index in [4.69, 9.17) is 16.3 Å². The number of sulfonamides is 1. The first-order chi connectivity index (χ1) is 11.9. The minimum atomic E-state index is -3.88. The Hall–Kier alpha value is -1.67. The van der Waals surface area contributed by atoms with Crippen molar-refractivity contribution in [3.05, 3.63) is 58.9 Å². The van der Waals surface area contributed by atoms with Crippen LogP contribution in [0, 0.1) is 5.82 Å². The maximum absolute atomic E-state index is 13.6. The Morgan fingerprint density at radius 3 is 2.80 bits per heavy atom. The van der Waals surface area contributed by atoms with Crippen LogP contribution in [0.25, 0.3) is 0 Å². The summed E-state index contributed by atoms with van der Waals surface area (Å²) in [4.78, 5) is 0.00537. The smallest absolute Gasteiger partial charge is 0.247 e. The first-order valence-electron chi connectivity index (χ1n) is 7.75. The predicted molar refractivity (Wildman–Crippen MR) is 93.9 cm³/mol. The van der Waals surface area contributed by atoms with Gasteiger partial charge in [0.1, 0.15) is 16.5 Å². The summed E-state index contributed by atoms with van der Waals surface area (Å²) in [5, 5.41) is 3.46. The Labute approximate surface area is 151 Å². The van der Waals surface area contributed by atoms with Crippen LogP contribution in [0.15, 0.2) is 47.4 Å². The molecule has 25 heavy (non-hydrogen) atoms. The average Bonchev–Trinajstić information content (AvgIpc) is 2.61. The Morgan fingerprint density at radius 1 is 1.28 bits per heavy atom. The quantitative estimate of drug-likeness (QED) is 0.880. The molecule has 1 aliphatic rings.